The zero-order chi connectivity index (χ0) is 19.6. The summed E-state index contributed by atoms with van der Waals surface area (Å²) in [7, 11) is -3.58. The van der Waals surface area contributed by atoms with Crippen LogP contribution in [0, 0.1) is 0 Å². The molecule has 1 amide bonds. The first-order valence-corrected chi connectivity index (χ1v) is 10.6. The highest BCUT2D eigenvalue weighted by Gasteiger charge is 2.30. The Labute approximate surface area is 163 Å². The maximum Gasteiger partial charge on any atom is 0.243 e. The van der Waals surface area contributed by atoms with E-state index in [9.17, 15) is 13.2 Å². The van der Waals surface area contributed by atoms with E-state index in [1.807, 2.05) is 30.3 Å². The average Bonchev–Trinajstić information content (AvgIpc) is 3.25. The third-order valence-electron chi connectivity index (χ3n) is 4.97. The highest BCUT2D eigenvalue weighted by molar-refractivity contribution is 7.89. The Morgan fingerprint density at radius 1 is 1.00 bits per heavy atom. The van der Waals surface area contributed by atoms with E-state index < -0.39 is 10.0 Å². The van der Waals surface area contributed by atoms with Crippen LogP contribution in [-0.4, -0.2) is 64.5 Å². The third kappa shape index (κ3) is 3.76. The molecule has 0 spiro atoms. The maximum absolute atomic E-state index is 13.0. The Kier molecular flexibility index (Phi) is 5.10. The molecule has 1 aromatic heterocycles. The Bertz CT molecular complexity index is 1070. The summed E-state index contributed by atoms with van der Waals surface area (Å²) < 4.78 is 29.1. The van der Waals surface area contributed by atoms with Crippen molar-refractivity contribution in [1.29, 1.82) is 0 Å². The van der Waals surface area contributed by atoms with E-state index in [-0.39, 0.29) is 10.8 Å². The molecule has 4 rings (SSSR count). The van der Waals surface area contributed by atoms with Crippen molar-refractivity contribution in [3.05, 3.63) is 55.1 Å². The lowest BCUT2D eigenvalue weighted by Gasteiger charge is -2.34. The molecule has 1 saturated heterocycles. The van der Waals surface area contributed by atoms with Crippen molar-refractivity contribution in [2.45, 2.75) is 17.9 Å². The molecule has 0 saturated carbocycles. The van der Waals surface area contributed by atoms with Gasteiger partial charge in [0.1, 0.15) is 12.7 Å². The molecule has 0 radical (unpaired) electrons. The number of carbonyl (C=O) groups is 1. The summed E-state index contributed by atoms with van der Waals surface area (Å²) in [5.74, 6) is -0.00162. The highest BCUT2D eigenvalue weighted by atomic mass is 32.2. The molecule has 1 fully saturated rings. The minimum Gasteiger partial charge on any atom is -0.340 e. The number of aryl methyl sites for hydroxylation is 1. The molecule has 0 N–H and O–H groups in total. The van der Waals surface area contributed by atoms with Crippen LogP contribution in [-0.2, 0) is 21.4 Å². The van der Waals surface area contributed by atoms with Crippen molar-refractivity contribution in [3.63, 3.8) is 0 Å². The van der Waals surface area contributed by atoms with Crippen LogP contribution >= 0.6 is 0 Å². The van der Waals surface area contributed by atoms with Gasteiger partial charge in [-0.15, -0.1) is 0 Å². The molecule has 2 heterocycles. The van der Waals surface area contributed by atoms with Gasteiger partial charge in [-0.3, -0.25) is 9.48 Å². The molecule has 2 aromatic carbocycles. The van der Waals surface area contributed by atoms with Gasteiger partial charge in [-0.05, 0) is 22.9 Å². The number of carbonyl (C=O) groups excluding carboxylic acids is 1. The zero-order valence-corrected chi connectivity index (χ0v) is 16.1. The van der Waals surface area contributed by atoms with Crippen LogP contribution in [0.3, 0.4) is 0 Å². The first kappa shape index (κ1) is 18.6. The highest BCUT2D eigenvalue weighted by Crippen LogP contribution is 2.23. The number of piperazine rings is 1. The number of sulfonamides is 1. The van der Waals surface area contributed by atoms with Crippen molar-refractivity contribution >= 4 is 26.7 Å². The molecule has 146 valence electrons. The van der Waals surface area contributed by atoms with E-state index in [0.29, 0.717) is 39.1 Å². The fourth-order valence-corrected chi connectivity index (χ4v) is 4.83. The van der Waals surface area contributed by atoms with Crippen LogP contribution in [0.1, 0.15) is 6.42 Å². The van der Waals surface area contributed by atoms with Crippen LogP contribution < -0.4 is 0 Å². The molecule has 1 aliphatic heterocycles. The second-order valence-corrected chi connectivity index (χ2v) is 8.64. The smallest absolute Gasteiger partial charge is 0.243 e. The molecule has 0 atom stereocenters. The number of hydrogen-bond acceptors (Lipinski definition) is 5. The molecule has 8 nitrogen and oxygen atoms in total. The Balaban J connectivity index is 1.39. The SMILES string of the molecule is O=C(CCn1cncn1)N1CCN(S(=O)(=O)c2ccc3ccccc3c2)CC1. The zero-order valence-electron chi connectivity index (χ0n) is 15.3. The van der Waals surface area contributed by atoms with Gasteiger partial charge in [-0.1, -0.05) is 30.3 Å². The summed E-state index contributed by atoms with van der Waals surface area (Å²) in [6.07, 6.45) is 3.32. The molecular weight excluding hydrogens is 378 g/mol. The summed E-state index contributed by atoms with van der Waals surface area (Å²) in [6.45, 7) is 1.84. The Morgan fingerprint density at radius 3 is 2.46 bits per heavy atom. The van der Waals surface area contributed by atoms with Gasteiger partial charge < -0.3 is 4.90 Å². The molecule has 3 aromatic rings. The van der Waals surface area contributed by atoms with Crippen molar-refractivity contribution in [1.82, 2.24) is 24.0 Å². The fraction of sp³-hybridized carbons (Fsp3) is 0.316. The number of fused-ring (bicyclic) bond motifs is 1. The summed E-state index contributed by atoms with van der Waals surface area (Å²) in [6, 6.07) is 12.9. The number of amides is 1. The number of rotatable bonds is 5. The van der Waals surface area contributed by atoms with Crippen LogP contribution in [0.2, 0.25) is 0 Å². The normalized spacial score (nSPS) is 15.8. The predicted molar refractivity (Wildman–Crippen MR) is 104 cm³/mol. The minimum atomic E-state index is -3.58. The van der Waals surface area contributed by atoms with Crippen LogP contribution in [0.15, 0.2) is 60.0 Å². The van der Waals surface area contributed by atoms with Gasteiger partial charge in [0.2, 0.25) is 15.9 Å². The fourth-order valence-electron chi connectivity index (χ4n) is 3.37. The monoisotopic (exact) mass is 399 g/mol. The van der Waals surface area contributed by atoms with Crippen molar-refractivity contribution < 1.29 is 13.2 Å². The van der Waals surface area contributed by atoms with Crippen molar-refractivity contribution in [3.8, 4) is 0 Å². The van der Waals surface area contributed by atoms with Crippen LogP contribution in [0.4, 0.5) is 0 Å². The topological polar surface area (TPSA) is 88.4 Å². The summed E-state index contributed by atoms with van der Waals surface area (Å²) >= 11 is 0. The Morgan fingerprint density at radius 2 is 1.75 bits per heavy atom. The summed E-state index contributed by atoms with van der Waals surface area (Å²) in [4.78, 5) is 18.2. The lowest BCUT2D eigenvalue weighted by Crippen LogP contribution is -2.50. The van der Waals surface area contributed by atoms with Gasteiger partial charge >= 0.3 is 0 Å². The van der Waals surface area contributed by atoms with E-state index >= 15 is 0 Å². The first-order chi connectivity index (χ1) is 13.5. The lowest BCUT2D eigenvalue weighted by atomic mass is 10.1. The largest absolute Gasteiger partial charge is 0.340 e. The lowest BCUT2D eigenvalue weighted by molar-refractivity contribution is -0.132. The number of aromatic nitrogens is 3. The van der Waals surface area contributed by atoms with Gasteiger partial charge in [-0.25, -0.2) is 13.4 Å². The van der Waals surface area contributed by atoms with Gasteiger partial charge in [0.05, 0.1) is 11.4 Å². The van der Waals surface area contributed by atoms with E-state index in [1.54, 1.807) is 28.0 Å². The van der Waals surface area contributed by atoms with Gasteiger partial charge in [-0.2, -0.15) is 9.40 Å². The van der Waals surface area contributed by atoms with E-state index in [1.165, 1.54) is 10.6 Å². The molecule has 0 unspecified atom stereocenters. The Hall–Kier alpha value is -2.78. The van der Waals surface area contributed by atoms with Crippen molar-refractivity contribution in [2.24, 2.45) is 0 Å². The van der Waals surface area contributed by atoms with E-state index in [0.717, 1.165) is 10.8 Å². The number of nitrogens with zero attached hydrogens (tertiary/aromatic N) is 5. The van der Waals surface area contributed by atoms with Gasteiger partial charge in [0.25, 0.3) is 0 Å². The average molecular weight is 399 g/mol. The van der Waals surface area contributed by atoms with E-state index in [4.69, 9.17) is 0 Å². The molecule has 0 bridgehead atoms. The second-order valence-electron chi connectivity index (χ2n) is 6.70. The molecular formula is C19H21N5O3S. The van der Waals surface area contributed by atoms with Crippen molar-refractivity contribution in [2.75, 3.05) is 26.2 Å². The molecule has 0 aliphatic carbocycles. The van der Waals surface area contributed by atoms with Gasteiger partial charge in [0.15, 0.2) is 0 Å². The molecule has 28 heavy (non-hydrogen) atoms. The number of benzene rings is 2. The third-order valence-corrected chi connectivity index (χ3v) is 6.87. The minimum absolute atomic E-state index is 0.00162. The van der Waals surface area contributed by atoms with E-state index in [2.05, 4.69) is 10.1 Å². The van der Waals surface area contributed by atoms with Crippen LogP contribution in [0.25, 0.3) is 10.8 Å². The maximum atomic E-state index is 13.0. The van der Waals surface area contributed by atoms with Gasteiger partial charge in [0, 0.05) is 32.6 Å². The summed E-state index contributed by atoms with van der Waals surface area (Å²) in [5.41, 5.74) is 0. The quantitative estimate of drug-likeness (QED) is 0.646. The first-order valence-electron chi connectivity index (χ1n) is 9.13. The molecule has 9 heteroatoms. The standard InChI is InChI=1S/C19H21N5O3S/c25-19(7-8-23-15-20-14-21-23)22-9-11-24(12-10-22)28(26,27)18-6-5-16-3-1-2-4-17(16)13-18/h1-6,13-15H,7-12H2. The molecule has 1 aliphatic rings. The predicted octanol–water partition coefficient (Wildman–Crippen LogP) is 1.35. The number of hydrogen-bond donors (Lipinski definition) is 0. The summed E-state index contributed by atoms with van der Waals surface area (Å²) in [5, 5.41) is 5.88. The van der Waals surface area contributed by atoms with Crippen LogP contribution in [0.5, 0.6) is 0 Å². The second kappa shape index (κ2) is 7.69.